The zero-order valence-electron chi connectivity index (χ0n) is 12.9. The minimum atomic E-state index is -0.243. The highest BCUT2D eigenvalue weighted by Gasteiger charge is 2.23. The van der Waals surface area contributed by atoms with Crippen LogP contribution in [0.4, 0.5) is 0 Å². The van der Waals surface area contributed by atoms with E-state index in [0.717, 1.165) is 31.7 Å². The van der Waals surface area contributed by atoms with E-state index in [1.165, 1.54) is 0 Å². The molecule has 1 N–H and O–H groups in total. The van der Waals surface area contributed by atoms with E-state index in [1.54, 1.807) is 7.11 Å². The molecule has 1 fully saturated rings. The summed E-state index contributed by atoms with van der Waals surface area (Å²) >= 11 is 0. The molecule has 0 aromatic heterocycles. The molecule has 1 heterocycles. The second-order valence-corrected chi connectivity index (χ2v) is 5.39. The Morgan fingerprint density at radius 3 is 2.52 bits per heavy atom. The Morgan fingerprint density at radius 1 is 1.24 bits per heavy atom. The summed E-state index contributed by atoms with van der Waals surface area (Å²) in [6.45, 7) is 7.55. The number of rotatable bonds is 5. The maximum atomic E-state index is 9.55. The molecular weight excluding hydrogens is 266 g/mol. The number of nitrogens with zero attached hydrogens (tertiary/aromatic N) is 2. The van der Waals surface area contributed by atoms with Gasteiger partial charge in [0.15, 0.2) is 11.5 Å². The van der Waals surface area contributed by atoms with Crippen LogP contribution in [0, 0.1) is 11.3 Å². The molecule has 0 bridgehead atoms. The summed E-state index contributed by atoms with van der Waals surface area (Å²) in [6, 6.07) is 7.91. The van der Waals surface area contributed by atoms with Crippen molar-refractivity contribution in [2.75, 3.05) is 33.3 Å². The highest BCUT2D eigenvalue weighted by molar-refractivity contribution is 5.45. The zero-order valence-corrected chi connectivity index (χ0v) is 12.9. The smallest absolute Gasteiger partial charge is 0.161 e. The molecule has 5 heteroatoms. The van der Waals surface area contributed by atoms with Crippen molar-refractivity contribution in [1.29, 1.82) is 5.26 Å². The standard InChI is InChI=1S/C16H23N3O2/c1-12(2)21-16-10-13(4-5-15(16)20-3)14(11-17)19-8-6-18-7-9-19/h4-5,10,12,14,18H,6-9H2,1-3H3. The number of nitriles is 1. The number of piperazine rings is 1. The third kappa shape index (κ3) is 3.87. The molecule has 1 atom stereocenters. The summed E-state index contributed by atoms with van der Waals surface area (Å²) in [5, 5.41) is 12.9. The fourth-order valence-corrected chi connectivity index (χ4v) is 2.52. The van der Waals surface area contributed by atoms with E-state index in [-0.39, 0.29) is 12.1 Å². The first-order chi connectivity index (χ1) is 10.2. The fourth-order valence-electron chi connectivity index (χ4n) is 2.52. The molecule has 0 radical (unpaired) electrons. The number of ether oxygens (including phenoxy) is 2. The molecule has 1 aliphatic rings. The monoisotopic (exact) mass is 289 g/mol. The van der Waals surface area contributed by atoms with Crippen molar-refractivity contribution in [3.63, 3.8) is 0 Å². The lowest BCUT2D eigenvalue weighted by molar-refractivity contribution is 0.205. The summed E-state index contributed by atoms with van der Waals surface area (Å²) in [6.07, 6.45) is 0.0638. The van der Waals surface area contributed by atoms with Gasteiger partial charge in [-0.2, -0.15) is 5.26 Å². The van der Waals surface area contributed by atoms with Gasteiger partial charge in [0.25, 0.3) is 0 Å². The molecule has 0 saturated carbocycles. The third-order valence-corrected chi connectivity index (χ3v) is 3.51. The number of nitrogens with one attached hydrogen (secondary N) is 1. The summed E-state index contributed by atoms with van der Waals surface area (Å²) in [7, 11) is 1.63. The topological polar surface area (TPSA) is 57.5 Å². The largest absolute Gasteiger partial charge is 0.493 e. The van der Waals surface area contributed by atoms with Gasteiger partial charge in [-0.3, -0.25) is 4.90 Å². The molecule has 114 valence electrons. The van der Waals surface area contributed by atoms with E-state index in [1.807, 2.05) is 32.0 Å². The van der Waals surface area contributed by atoms with E-state index in [0.29, 0.717) is 11.5 Å². The number of hydrogen-bond acceptors (Lipinski definition) is 5. The molecule has 0 spiro atoms. The summed E-state index contributed by atoms with van der Waals surface area (Å²) in [5.41, 5.74) is 0.954. The van der Waals surface area contributed by atoms with Gasteiger partial charge in [-0.1, -0.05) is 6.07 Å². The van der Waals surface area contributed by atoms with Crippen molar-refractivity contribution in [3.05, 3.63) is 23.8 Å². The highest BCUT2D eigenvalue weighted by Crippen LogP contribution is 2.32. The number of benzene rings is 1. The quantitative estimate of drug-likeness (QED) is 0.898. The zero-order chi connectivity index (χ0) is 15.2. The van der Waals surface area contributed by atoms with Gasteiger partial charge in [0.1, 0.15) is 6.04 Å². The van der Waals surface area contributed by atoms with Gasteiger partial charge in [-0.05, 0) is 31.5 Å². The maximum absolute atomic E-state index is 9.55. The van der Waals surface area contributed by atoms with Crippen LogP contribution < -0.4 is 14.8 Å². The first kappa shape index (κ1) is 15.6. The molecule has 5 nitrogen and oxygen atoms in total. The van der Waals surface area contributed by atoms with E-state index >= 15 is 0 Å². The van der Waals surface area contributed by atoms with Crippen molar-refractivity contribution in [3.8, 4) is 17.6 Å². The van der Waals surface area contributed by atoms with Crippen LogP contribution >= 0.6 is 0 Å². The summed E-state index contributed by atoms with van der Waals surface area (Å²) in [4.78, 5) is 2.19. The lowest BCUT2D eigenvalue weighted by atomic mass is 10.0. The van der Waals surface area contributed by atoms with Crippen molar-refractivity contribution in [2.45, 2.75) is 26.0 Å². The molecule has 1 unspecified atom stereocenters. The Kier molecular flexibility index (Phi) is 5.43. The third-order valence-electron chi connectivity index (χ3n) is 3.51. The van der Waals surface area contributed by atoms with Crippen LogP contribution in [0.25, 0.3) is 0 Å². The second kappa shape index (κ2) is 7.30. The van der Waals surface area contributed by atoms with E-state index in [9.17, 15) is 5.26 Å². The molecule has 1 aromatic carbocycles. The molecule has 1 aliphatic heterocycles. The number of hydrogen-bond donors (Lipinski definition) is 1. The molecule has 1 saturated heterocycles. The fraction of sp³-hybridized carbons (Fsp3) is 0.562. The first-order valence-corrected chi connectivity index (χ1v) is 7.34. The Labute approximate surface area is 126 Å². The van der Waals surface area contributed by atoms with Gasteiger partial charge in [0, 0.05) is 26.2 Å². The van der Waals surface area contributed by atoms with Gasteiger partial charge in [-0.25, -0.2) is 0 Å². The van der Waals surface area contributed by atoms with Gasteiger partial charge in [0.2, 0.25) is 0 Å². The lowest BCUT2D eigenvalue weighted by Crippen LogP contribution is -2.44. The minimum absolute atomic E-state index is 0.0638. The second-order valence-electron chi connectivity index (χ2n) is 5.39. The Balaban J connectivity index is 2.26. The van der Waals surface area contributed by atoms with E-state index in [4.69, 9.17) is 9.47 Å². The maximum Gasteiger partial charge on any atom is 0.161 e. The Hall–Kier alpha value is -1.77. The van der Waals surface area contributed by atoms with Crippen LogP contribution in [0.1, 0.15) is 25.5 Å². The van der Waals surface area contributed by atoms with Crippen molar-refractivity contribution < 1.29 is 9.47 Å². The Bertz CT molecular complexity index is 505. The average molecular weight is 289 g/mol. The summed E-state index contributed by atoms with van der Waals surface area (Å²) in [5.74, 6) is 1.39. The summed E-state index contributed by atoms with van der Waals surface area (Å²) < 4.78 is 11.1. The SMILES string of the molecule is COc1ccc(C(C#N)N2CCNCC2)cc1OC(C)C. The normalized spacial score (nSPS) is 17.3. The van der Waals surface area contributed by atoms with Crippen molar-refractivity contribution >= 4 is 0 Å². The molecule has 0 aliphatic carbocycles. The van der Waals surface area contributed by atoms with Crippen LogP contribution in [0.2, 0.25) is 0 Å². The molecule has 2 rings (SSSR count). The predicted octanol–water partition coefficient (Wildman–Crippen LogP) is 1.95. The van der Waals surface area contributed by atoms with Crippen molar-refractivity contribution in [2.24, 2.45) is 0 Å². The van der Waals surface area contributed by atoms with Gasteiger partial charge < -0.3 is 14.8 Å². The Morgan fingerprint density at radius 2 is 1.95 bits per heavy atom. The first-order valence-electron chi connectivity index (χ1n) is 7.34. The van der Waals surface area contributed by atoms with E-state index < -0.39 is 0 Å². The number of methoxy groups -OCH3 is 1. The van der Waals surface area contributed by atoms with Crippen molar-refractivity contribution in [1.82, 2.24) is 10.2 Å². The minimum Gasteiger partial charge on any atom is -0.493 e. The molecule has 0 amide bonds. The molecule has 1 aromatic rings. The van der Waals surface area contributed by atoms with Crippen LogP contribution in [0.15, 0.2) is 18.2 Å². The highest BCUT2D eigenvalue weighted by atomic mass is 16.5. The van der Waals surface area contributed by atoms with Crippen LogP contribution in [0.5, 0.6) is 11.5 Å². The van der Waals surface area contributed by atoms with Crippen LogP contribution in [0.3, 0.4) is 0 Å². The van der Waals surface area contributed by atoms with Crippen LogP contribution in [-0.2, 0) is 0 Å². The lowest BCUT2D eigenvalue weighted by Gasteiger charge is -2.31. The van der Waals surface area contributed by atoms with Gasteiger partial charge in [0.05, 0.1) is 19.3 Å². The predicted molar refractivity (Wildman–Crippen MR) is 81.6 cm³/mol. The van der Waals surface area contributed by atoms with E-state index in [2.05, 4.69) is 16.3 Å². The van der Waals surface area contributed by atoms with Crippen LogP contribution in [-0.4, -0.2) is 44.3 Å². The van der Waals surface area contributed by atoms with Gasteiger partial charge in [-0.15, -0.1) is 0 Å². The van der Waals surface area contributed by atoms with Gasteiger partial charge >= 0.3 is 0 Å². The average Bonchev–Trinajstić information content (AvgIpc) is 2.49. The molecular formula is C16H23N3O2. The molecule has 21 heavy (non-hydrogen) atoms.